The Labute approximate surface area is 226 Å². The van der Waals surface area contributed by atoms with Crippen molar-refractivity contribution < 1.29 is 19.0 Å². The van der Waals surface area contributed by atoms with Gasteiger partial charge in [0.1, 0.15) is 11.7 Å². The average Bonchev–Trinajstić information content (AvgIpc) is 2.87. The highest BCUT2D eigenvalue weighted by atomic mass is 35.5. The van der Waals surface area contributed by atoms with E-state index in [1.165, 1.54) is 0 Å². The molecule has 1 saturated heterocycles. The van der Waals surface area contributed by atoms with Crippen LogP contribution in [0.2, 0.25) is 5.02 Å². The van der Waals surface area contributed by atoms with Gasteiger partial charge in [0, 0.05) is 22.0 Å². The molecule has 2 aliphatic heterocycles. The number of nitrogens with one attached hydrogen (secondary N) is 2. The van der Waals surface area contributed by atoms with Crippen LogP contribution in [0.15, 0.2) is 66.7 Å². The summed E-state index contributed by atoms with van der Waals surface area (Å²) in [5.74, 6) is 1.07. The summed E-state index contributed by atoms with van der Waals surface area (Å²) in [6.45, 7) is 6.80. The molecule has 3 aromatic carbocycles. The van der Waals surface area contributed by atoms with E-state index in [0.717, 1.165) is 17.0 Å². The minimum Gasteiger partial charge on any atom is -0.494 e. The fraction of sp³-hybridized carbons (Fsp3) is 0.286. The molecule has 0 radical (unpaired) electrons. The summed E-state index contributed by atoms with van der Waals surface area (Å²) in [4.78, 5) is 15.8. The molecule has 7 nitrogen and oxygen atoms in total. The number of halogens is 1. The van der Waals surface area contributed by atoms with Crippen LogP contribution in [-0.4, -0.2) is 30.0 Å². The van der Waals surface area contributed by atoms with Crippen LogP contribution in [0.5, 0.6) is 17.2 Å². The predicted molar refractivity (Wildman–Crippen MR) is 149 cm³/mol. The van der Waals surface area contributed by atoms with Crippen LogP contribution < -0.4 is 29.7 Å². The standard InChI is InChI=1S/C28H28ClN3O4S/c1-4-34-20-15-13-19(14-16-20)32-27(37)31-24-21-7-6-8-22(35-5-2)25(21)36-28(32,3)23(24)26(33)30-18-11-9-17(29)10-12-18/h6-16,23-24H,4-5H2,1-3H3,(H,30,33)(H,31,37)/t23-,24+,28+/m0/s1. The van der Waals surface area contributed by atoms with Crippen molar-refractivity contribution in [1.29, 1.82) is 0 Å². The average molecular weight is 538 g/mol. The number of fused-ring (bicyclic) bond motifs is 4. The lowest BCUT2D eigenvalue weighted by atomic mass is 9.78. The Bertz CT molecular complexity index is 1320. The zero-order valence-electron chi connectivity index (χ0n) is 20.8. The summed E-state index contributed by atoms with van der Waals surface area (Å²) < 4.78 is 18.3. The van der Waals surface area contributed by atoms with Crippen LogP contribution in [0.3, 0.4) is 0 Å². The van der Waals surface area contributed by atoms with Gasteiger partial charge in [-0.05, 0) is 87.6 Å². The molecule has 2 bridgehead atoms. The van der Waals surface area contributed by atoms with Crippen LogP contribution in [0, 0.1) is 5.92 Å². The second-order valence-electron chi connectivity index (χ2n) is 8.93. The SMILES string of the molecule is CCOc1ccc(N2C(=S)N[C@@H]3c4cccc(OCC)c4O[C@]2(C)[C@@H]3C(=O)Nc2ccc(Cl)cc2)cc1. The quantitative estimate of drug-likeness (QED) is 0.361. The summed E-state index contributed by atoms with van der Waals surface area (Å²) >= 11 is 11.9. The molecule has 2 heterocycles. The van der Waals surface area contributed by atoms with Crippen molar-refractivity contribution in [3.8, 4) is 17.2 Å². The van der Waals surface area contributed by atoms with E-state index in [4.69, 9.17) is 38.0 Å². The fourth-order valence-corrected chi connectivity index (χ4v) is 5.58. The lowest BCUT2D eigenvalue weighted by Crippen LogP contribution is -2.72. The fourth-order valence-electron chi connectivity index (χ4n) is 5.04. The van der Waals surface area contributed by atoms with E-state index < -0.39 is 17.7 Å². The number of amides is 1. The number of ether oxygens (including phenoxy) is 3. The largest absolute Gasteiger partial charge is 0.494 e. The van der Waals surface area contributed by atoms with Gasteiger partial charge in [0.25, 0.3) is 0 Å². The molecule has 9 heteroatoms. The van der Waals surface area contributed by atoms with Gasteiger partial charge in [0.05, 0.1) is 19.3 Å². The van der Waals surface area contributed by atoms with E-state index in [2.05, 4.69) is 10.6 Å². The Balaban J connectivity index is 1.61. The van der Waals surface area contributed by atoms with Crippen molar-refractivity contribution in [1.82, 2.24) is 5.32 Å². The summed E-state index contributed by atoms with van der Waals surface area (Å²) in [6.07, 6.45) is 0. The Morgan fingerprint density at radius 3 is 2.46 bits per heavy atom. The maximum atomic E-state index is 13.9. The van der Waals surface area contributed by atoms with Crippen LogP contribution >= 0.6 is 23.8 Å². The van der Waals surface area contributed by atoms with Crippen molar-refractivity contribution in [3.05, 3.63) is 77.3 Å². The van der Waals surface area contributed by atoms with Crippen LogP contribution in [0.4, 0.5) is 11.4 Å². The number of hydrogen-bond donors (Lipinski definition) is 2. The molecule has 0 unspecified atom stereocenters. The Morgan fingerprint density at radius 2 is 1.78 bits per heavy atom. The van der Waals surface area contributed by atoms with Crippen molar-refractivity contribution in [3.63, 3.8) is 0 Å². The third-order valence-electron chi connectivity index (χ3n) is 6.59. The van der Waals surface area contributed by atoms with Gasteiger partial charge >= 0.3 is 0 Å². The molecule has 1 fully saturated rings. The summed E-state index contributed by atoms with van der Waals surface area (Å²) in [5.41, 5.74) is 1.05. The molecule has 1 amide bonds. The van der Waals surface area contributed by atoms with E-state index in [1.54, 1.807) is 24.3 Å². The van der Waals surface area contributed by atoms with Crippen LogP contribution in [0.25, 0.3) is 0 Å². The number of nitrogens with zero attached hydrogens (tertiary/aromatic N) is 1. The van der Waals surface area contributed by atoms with Crippen LogP contribution in [0.1, 0.15) is 32.4 Å². The van der Waals surface area contributed by atoms with Crippen molar-refractivity contribution in [2.45, 2.75) is 32.5 Å². The zero-order chi connectivity index (χ0) is 26.2. The second-order valence-corrected chi connectivity index (χ2v) is 9.75. The number of carbonyl (C=O) groups excluding carboxylic acids is 1. The van der Waals surface area contributed by atoms with Gasteiger partial charge in [-0.3, -0.25) is 9.69 Å². The van der Waals surface area contributed by atoms with E-state index in [0.29, 0.717) is 40.5 Å². The number of rotatable bonds is 7. The highest BCUT2D eigenvalue weighted by molar-refractivity contribution is 7.80. The summed E-state index contributed by atoms with van der Waals surface area (Å²) in [5, 5.41) is 7.51. The van der Waals surface area contributed by atoms with Crippen molar-refractivity contribution in [2.24, 2.45) is 5.92 Å². The molecule has 37 heavy (non-hydrogen) atoms. The van der Waals surface area contributed by atoms with Crippen molar-refractivity contribution >= 4 is 46.2 Å². The molecule has 3 atom stereocenters. The van der Waals surface area contributed by atoms with Gasteiger partial charge in [-0.15, -0.1) is 0 Å². The number of hydrogen-bond acceptors (Lipinski definition) is 5. The molecular weight excluding hydrogens is 510 g/mol. The number of para-hydroxylation sites is 1. The molecule has 5 rings (SSSR count). The predicted octanol–water partition coefficient (Wildman–Crippen LogP) is 5.94. The first-order chi connectivity index (χ1) is 17.9. The zero-order valence-corrected chi connectivity index (χ0v) is 22.4. The summed E-state index contributed by atoms with van der Waals surface area (Å²) in [6, 6.07) is 19.8. The number of carbonyl (C=O) groups is 1. The topological polar surface area (TPSA) is 72.1 Å². The molecular formula is C28H28ClN3O4S. The maximum Gasteiger partial charge on any atom is 0.236 e. The van der Waals surface area contributed by atoms with E-state index >= 15 is 0 Å². The molecule has 0 spiro atoms. The van der Waals surface area contributed by atoms with Crippen LogP contribution in [-0.2, 0) is 4.79 Å². The lowest BCUT2D eigenvalue weighted by Gasteiger charge is -2.56. The molecule has 0 saturated carbocycles. The van der Waals surface area contributed by atoms with Gasteiger partial charge in [0.2, 0.25) is 5.91 Å². The number of anilines is 2. The smallest absolute Gasteiger partial charge is 0.236 e. The highest BCUT2D eigenvalue weighted by Gasteiger charge is 2.59. The van der Waals surface area contributed by atoms with Crippen molar-refractivity contribution in [2.75, 3.05) is 23.4 Å². The Hall–Kier alpha value is -3.49. The molecule has 0 aliphatic carbocycles. The number of thiocarbonyl (C=S) groups is 1. The normalized spacial score (nSPS) is 21.8. The molecule has 2 N–H and O–H groups in total. The number of benzene rings is 3. The first-order valence-corrected chi connectivity index (χ1v) is 13.0. The van der Waals surface area contributed by atoms with Gasteiger partial charge in [-0.25, -0.2) is 0 Å². The first kappa shape index (κ1) is 25.2. The van der Waals surface area contributed by atoms with Gasteiger partial charge < -0.3 is 24.8 Å². The first-order valence-electron chi connectivity index (χ1n) is 12.2. The molecule has 3 aromatic rings. The molecule has 192 valence electrons. The van der Waals surface area contributed by atoms with Gasteiger partial charge in [0.15, 0.2) is 22.3 Å². The van der Waals surface area contributed by atoms with Gasteiger partial charge in [-0.2, -0.15) is 0 Å². The highest BCUT2D eigenvalue weighted by Crippen LogP contribution is 2.52. The van der Waals surface area contributed by atoms with Gasteiger partial charge in [-0.1, -0.05) is 23.7 Å². The lowest BCUT2D eigenvalue weighted by molar-refractivity contribution is -0.130. The molecule has 0 aromatic heterocycles. The third kappa shape index (κ3) is 4.55. The second kappa shape index (κ2) is 10.1. The Kier molecular flexibility index (Phi) is 6.88. The third-order valence-corrected chi connectivity index (χ3v) is 7.14. The monoisotopic (exact) mass is 537 g/mol. The van der Waals surface area contributed by atoms with E-state index in [9.17, 15) is 4.79 Å². The minimum absolute atomic E-state index is 0.215. The van der Waals surface area contributed by atoms with E-state index in [-0.39, 0.29) is 5.91 Å². The Morgan fingerprint density at radius 1 is 1.08 bits per heavy atom. The maximum absolute atomic E-state index is 13.9. The summed E-state index contributed by atoms with van der Waals surface area (Å²) in [7, 11) is 0. The minimum atomic E-state index is -1.17. The van der Waals surface area contributed by atoms with E-state index in [1.807, 2.05) is 68.1 Å². The molecule has 2 aliphatic rings.